The SMILES string of the molecule is CC(C)CC(=O)Oc1ccc2oc(/C=C/S(C)=O)cc(=O)c2c1. The van der Waals surface area contributed by atoms with Gasteiger partial charge in [-0.25, -0.2) is 0 Å². The highest BCUT2D eigenvalue weighted by molar-refractivity contribution is 7.87. The van der Waals surface area contributed by atoms with E-state index < -0.39 is 10.8 Å². The molecule has 122 valence electrons. The van der Waals surface area contributed by atoms with Gasteiger partial charge in [-0.3, -0.25) is 13.8 Å². The lowest BCUT2D eigenvalue weighted by Crippen LogP contribution is -2.11. The van der Waals surface area contributed by atoms with Crippen LogP contribution in [0.5, 0.6) is 5.75 Å². The Kier molecular flexibility index (Phi) is 5.50. The van der Waals surface area contributed by atoms with Gasteiger partial charge in [0.2, 0.25) is 0 Å². The molecule has 2 aromatic rings. The van der Waals surface area contributed by atoms with E-state index in [1.165, 1.54) is 29.9 Å². The van der Waals surface area contributed by atoms with Crippen LogP contribution < -0.4 is 10.2 Å². The van der Waals surface area contributed by atoms with Crippen LogP contribution in [-0.4, -0.2) is 16.4 Å². The van der Waals surface area contributed by atoms with Gasteiger partial charge in [-0.2, -0.15) is 0 Å². The van der Waals surface area contributed by atoms with Gasteiger partial charge in [0.1, 0.15) is 17.1 Å². The van der Waals surface area contributed by atoms with Crippen molar-refractivity contribution < 1.29 is 18.2 Å². The van der Waals surface area contributed by atoms with Gasteiger partial charge >= 0.3 is 5.97 Å². The molecule has 0 N–H and O–H groups in total. The minimum atomic E-state index is -1.12. The van der Waals surface area contributed by atoms with Crippen molar-refractivity contribution in [2.75, 3.05) is 6.26 Å². The molecule has 0 saturated carbocycles. The molecule has 1 heterocycles. The monoisotopic (exact) mass is 334 g/mol. The predicted octanol–water partition coefficient (Wildman–Crippen LogP) is 3.09. The molecule has 0 aliphatic rings. The fourth-order valence-corrected chi connectivity index (χ4v) is 2.29. The molecule has 2 rings (SSSR count). The number of benzene rings is 1. The van der Waals surface area contributed by atoms with E-state index in [0.717, 1.165) is 0 Å². The van der Waals surface area contributed by atoms with Crippen LogP contribution in [0.25, 0.3) is 17.0 Å². The molecule has 0 spiro atoms. The number of carbonyl (C=O) groups excluding carboxylic acids is 1. The summed E-state index contributed by atoms with van der Waals surface area (Å²) in [5, 5.41) is 1.77. The second kappa shape index (κ2) is 7.37. The van der Waals surface area contributed by atoms with E-state index in [1.54, 1.807) is 12.1 Å². The molecule has 5 nitrogen and oxygen atoms in total. The molecule has 1 unspecified atom stereocenters. The number of hydrogen-bond donors (Lipinski definition) is 0. The molecule has 0 saturated heterocycles. The average molecular weight is 334 g/mol. The minimum absolute atomic E-state index is 0.200. The second-order valence-electron chi connectivity index (χ2n) is 5.54. The summed E-state index contributed by atoms with van der Waals surface area (Å²) in [5.74, 6) is 0.496. The highest BCUT2D eigenvalue weighted by Crippen LogP contribution is 2.20. The number of hydrogen-bond acceptors (Lipinski definition) is 5. The van der Waals surface area contributed by atoms with Crippen molar-refractivity contribution >= 4 is 33.8 Å². The Hall–Kier alpha value is -2.21. The van der Waals surface area contributed by atoms with Gasteiger partial charge in [0.25, 0.3) is 0 Å². The molecular weight excluding hydrogens is 316 g/mol. The minimum Gasteiger partial charge on any atom is -0.456 e. The fourth-order valence-electron chi connectivity index (χ4n) is 1.97. The van der Waals surface area contributed by atoms with Crippen LogP contribution in [0.3, 0.4) is 0 Å². The Morgan fingerprint density at radius 1 is 1.35 bits per heavy atom. The summed E-state index contributed by atoms with van der Waals surface area (Å²) in [5.41, 5.74) is 0.122. The molecule has 1 aromatic heterocycles. The van der Waals surface area contributed by atoms with E-state index in [0.29, 0.717) is 28.9 Å². The Bertz CT molecular complexity index is 832. The molecule has 0 radical (unpaired) electrons. The summed E-state index contributed by atoms with van der Waals surface area (Å²) in [6.45, 7) is 3.85. The third kappa shape index (κ3) is 4.89. The van der Waals surface area contributed by atoms with Crippen LogP contribution in [0.4, 0.5) is 0 Å². The quantitative estimate of drug-likeness (QED) is 0.620. The van der Waals surface area contributed by atoms with Crippen molar-refractivity contribution in [3.63, 3.8) is 0 Å². The lowest BCUT2D eigenvalue weighted by Gasteiger charge is -2.07. The molecule has 0 bridgehead atoms. The standard InChI is InChI=1S/C17H18O5S/c1-11(2)8-17(19)22-12-4-5-16-14(9-12)15(18)10-13(21-16)6-7-23(3)20/h4-7,9-11H,8H2,1-3H3/b7-6+. The first-order chi connectivity index (χ1) is 10.8. The maximum Gasteiger partial charge on any atom is 0.311 e. The molecule has 6 heteroatoms. The Balaban J connectivity index is 2.32. The average Bonchev–Trinajstić information content (AvgIpc) is 2.45. The maximum absolute atomic E-state index is 12.1. The zero-order valence-electron chi connectivity index (χ0n) is 13.2. The van der Waals surface area contributed by atoms with Gasteiger partial charge in [0, 0.05) is 35.0 Å². The van der Waals surface area contributed by atoms with Crippen LogP contribution in [0.1, 0.15) is 26.0 Å². The summed E-state index contributed by atoms with van der Waals surface area (Å²) in [7, 11) is -1.12. The topological polar surface area (TPSA) is 73.6 Å². The molecule has 0 fully saturated rings. The first-order valence-electron chi connectivity index (χ1n) is 7.14. The summed E-state index contributed by atoms with van der Waals surface area (Å²) < 4.78 is 21.8. The number of ether oxygens (including phenoxy) is 1. The highest BCUT2D eigenvalue weighted by Gasteiger charge is 2.10. The Morgan fingerprint density at radius 2 is 2.09 bits per heavy atom. The number of fused-ring (bicyclic) bond motifs is 1. The van der Waals surface area contributed by atoms with E-state index in [2.05, 4.69) is 0 Å². The van der Waals surface area contributed by atoms with Crippen molar-refractivity contribution in [3.05, 3.63) is 45.7 Å². The predicted molar refractivity (Wildman–Crippen MR) is 90.7 cm³/mol. The summed E-state index contributed by atoms with van der Waals surface area (Å²) in [6, 6.07) is 5.96. The van der Waals surface area contributed by atoms with Crippen molar-refractivity contribution in [2.24, 2.45) is 5.92 Å². The third-order valence-corrected chi connectivity index (χ3v) is 3.47. The summed E-state index contributed by atoms with van der Waals surface area (Å²) in [6.07, 6.45) is 3.32. The highest BCUT2D eigenvalue weighted by atomic mass is 32.2. The van der Waals surface area contributed by atoms with Gasteiger partial charge in [-0.05, 0) is 30.2 Å². The lowest BCUT2D eigenvalue weighted by atomic mass is 10.1. The second-order valence-corrected chi connectivity index (χ2v) is 6.81. The van der Waals surface area contributed by atoms with Crippen LogP contribution in [0, 0.1) is 5.92 Å². The number of rotatable bonds is 5. The fraction of sp³-hybridized carbons (Fsp3) is 0.294. The molecular formula is C17H18O5S. The largest absolute Gasteiger partial charge is 0.456 e. The summed E-state index contributed by atoms with van der Waals surface area (Å²) in [4.78, 5) is 23.8. The zero-order chi connectivity index (χ0) is 17.0. The van der Waals surface area contributed by atoms with Gasteiger partial charge in [-0.15, -0.1) is 0 Å². The summed E-state index contributed by atoms with van der Waals surface area (Å²) >= 11 is 0. The van der Waals surface area contributed by atoms with E-state index in [-0.39, 0.29) is 17.3 Å². The molecule has 0 aliphatic carbocycles. The molecule has 0 amide bonds. The lowest BCUT2D eigenvalue weighted by molar-refractivity contribution is -0.135. The van der Waals surface area contributed by atoms with E-state index >= 15 is 0 Å². The van der Waals surface area contributed by atoms with Crippen LogP contribution in [0.2, 0.25) is 0 Å². The van der Waals surface area contributed by atoms with Gasteiger partial charge in [0.15, 0.2) is 5.43 Å². The van der Waals surface area contributed by atoms with Crippen LogP contribution in [-0.2, 0) is 15.6 Å². The smallest absolute Gasteiger partial charge is 0.311 e. The Labute approximate surface area is 136 Å². The number of esters is 1. The van der Waals surface area contributed by atoms with Crippen LogP contribution >= 0.6 is 0 Å². The zero-order valence-corrected chi connectivity index (χ0v) is 14.0. The first-order valence-corrected chi connectivity index (χ1v) is 8.76. The van der Waals surface area contributed by atoms with Crippen LogP contribution in [0.15, 0.2) is 38.9 Å². The van der Waals surface area contributed by atoms with E-state index in [1.807, 2.05) is 13.8 Å². The van der Waals surface area contributed by atoms with Gasteiger partial charge in [-0.1, -0.05) is 13.8 Å². The molecule has 1 atom stereocenters. The third-order valence-electron chi connectivity index (χ3n) is 2.95. The number of carbonyl (C=O) groups is 1. The molecule has 0 aliphatic heterocycles. The van der Waals surface area contributed by atoms with Gasteiger partial charge in [0.05, 0.1) is 5.39 Å². The molecule has 23 heavy (non-hydrogen) atoms. The maximum atomic E-state index is 12.1. The Morgan fingerprint density at radius 3 is 2.74 bits per heavy atom. The van der Waals surface area contributed by atoms with E-state index in [9.17, 15) is 13.8 Å². The van der Waals surface area contributed by atoms with Crippen molar-refractivity contribution in [1.82, 2.24) is 0 Å². The van der Waals surface area contributed by atoms with Crippen molar-refractivity contribution in [1.29, 1.82) is 0 Å². The first kappa shape index (κ1) is 17.1. The van der Waals surface area contributed by atoms with Crippen molar-refractivity contribution in [2.45, 2.75) is 20.3 Å². The van der Waals surface area contributed by atoms with Gasteiger partial charge < -0.3 is 9.15 Å². The van der Waals surface area contributed by atoms with E-state index in [4.69, 9.17) is 9.15 Å². The van der Waals surface area contributed by atoms with Crippen molar-refractivity contribution in [3.8, 4) is 5.75 Å². The molecule has 1 aromatic carbocycles. The normalized spacial score (nSPS) is 12.9.